The molecule has 14 heteroatoms. The number of aromatic hydroxyl groups is 1. The summed E-state index contributed by atoms with van der Waals surface area (Å²) in [6, 6.07) is 4.86. The molecule has 34 heavy (non-hydrogen) atoms. The highest BCUT2D eigenvalue weighted by Crippen LogP contribution is 2.31. The van der Waals surface area contributed by atoms with Crippen molar-refractivity contribution in [2.24, 2.45) is 0 Å². The van der Waals surface area contributed by atoms with Gasteiger partial charge in [-0.3, -0.25) is 19.1 Å². The third-order valence-electron chi connectivity index (χ3n) is 5.40. The predicted molar refractivity (Wildman–Crippen MR) is 114 cm³/mol. The molecule has 1 aliphatic heterocycles. The SMILES string of the molecule is COC(=O)[C@@H](Cc1ccc(O)cc1)NC(=O)[C@H]1O[C@@H](n2cnc3c(=O)[nH]c(N)nc32)[C@H](O)[C@@H]1O. The monoisotopic (exact) mass is 474 g/mol. The topological polar surface area (TPSA) is 215 Å². The van der Waals surface area contributed by atoms with Crippen molar-refractivity contribution in [1.29, 1.82) is 0 Å². The molecular formula is C20H22N6O8. The van der Waals surface area contributed by atoms with E-state index >= 15 is 0 Å². The van der Waals surface area contributed by atoms with Crippen LogP contribution in [0.2, 0.25) is 0 Å². The van der Waals surface area contributed by atoms with Gasteiger partial charge < -0.3 is 35.8 Å². The first-order chi connectivity index (χ1) is 16.2. The van der Waals surface area contributed by atoms with Crippen molar-refractivity contribution in [3.8, 4) is 5.75 Å². The molecule has 180 valence electrons. The Kier molecular flexibility index (Phi) is 6.19. The number of imidazole rings is 1. The maximum atomic E-state index is 12.9. The molecule has 1 aromatic carbocycles. The molecule has 0 radical (unpaired) electrons. The molecule has 0 spiro atoms. The second kappa shape index (κ2) is 9.09. The highest BCUT2D eigenvalue weighted by atomic mass is 16.6. The van der Waals surface area contributed by atoms with Crippen LogP contribution in [0.3, 0.4) is 0 Å². The normalized spacial score (nSPS) is 23.0. The van der Waals surface area contributed by atoms with Gasteiger partial charge in [0.1, 0.15) is 24.0 Å². The number of amides is 1. The lowest BCUT2D eigenvalue weighted by Crippen LogP contribution is -2.50. The minimum atomic E-state index is -1.67. The van der Waals surface area contributed by atoms with E-state index in [1.165, 1.54) is 16.7 Å². The van der Waals surface area contributed by atoms with Gasteiger partial charge in [0, 0.05) is 6.42 Å². The van der Waals surface area contributed by atoms with Gasteiger partial charge in [-0.25, -0.2) is 9.78 Å². The van der Waals surface area contributed by atoms with Gasteiger partial charge in [0.05, 0.1) is 13.4 Å². The Morgan fingerprint density at radius 1 is 1.29 bits per heavy atom. The average Bonchev–Trinajstić information content (AvgIpc) is 3.35. The molecule has 3 aromatic rings. The van der Waals surface area contributed by atoms with Gasteiger partial charge in [-0.05, 0) is 17.7 Å². The molecule has 5 atom stereocenters. The molecule has 0 aliphatic carbocycles. The number of benzene rings is 1. The number of esters is 1. The first-order valence-corrected chi connectivity index (χ1v) is 10.1. The van der Waals surface area contributed by atoms with Crippen LogP contribution in [0.1, 0.15) is 11.8 Å². The zero-order valence-corrected chi connectivity index (χ0v) is 17.8. The molecule has 14 nitrogen and oxygen atoms in total. The molecule has 1 amide bonds. The van der Waals surface area contributed by atoms with E-state index in [9.17, 15) is 29.7 Å². The smallest absolute Gasteiger partial charge is 0.328 e. The summed E-state index contributed by atoms with van der Waals surface area (Å²) in [5, 5.41) is 32.9. The van der Waals surface area contributed by atoms with Gasteiger partial charge in [-0.1, -0.05) is 12.1 Å². The number of aromatic nitrogens is 4. The van der Waals surface area contributed by atoms with Gasteiger partial charge in [-0.15, -0.1) is 0 Å². The molecule has 0 bridgehead atoms. The second-order valence-electron chi connectivity index (χ2n) is 7.66. The fourth-order valence-electron chi connectivity index (χ4n) is 3.69. The number of ether oxygens (including phenoxy) is 2. The van der Waals surface area contributed by atoms with Crippen molar-refractivity contribution in [1.82, 2.24) is 24.8 Å². The standard InChI is InChI=1S/C20H22N6O8/c1-33-19(32)10(6-8-2-4-9(27)5-3-8)23-17(31)14-12(28)13(29)18(34-14)26-7-22-11-15(26)24-20(21)25-16(11)30/h2-5,7,10,12-14,18,27-29H,6H2,1H3,(H,23,31)(H3,21,24,25,30)/t10-,12+,13-,14+,18-/m1/s1. The van der Waals surface area contributed by atoms with E-state index in [0.29, 0.717) is 5.56 Å². The summed E-state index contributed by atoms with van der Waals surface area (Å²) in [4.78, 5) is 47.3. The number of carbonyl (C=O) groups excluding carboxylic acids is 2. The third kappa shape index (κ3) is 4.28. The van der Waals surface area contributed by atoms with Crippen LogP contribution in [-0.2, 0) is 25.5 Å². The number of phenolic OH excluding ortho intramolecular Hbond substituents is 1. The first-order valence-electron chi connectivity index (χ1n) is 10.1. The quantitative estimate of drug-likeness (QED) is 0.213. The summed E-state index contributed by atoms with van der Waals surface area (Å²) >= 11 is 0. The van der Waals surface area contributed by atoms with E-state index in [1.807, 2.05) is 0 Å². The largest absolute Gasteiger partial charge is 0.508 e. The van der Waals surface area contributed by atoms with E-state index in [4.69, 9.17) is 15.2 Å². The lowest BCUT2D eigenvalue weighted by Gasteiger charge is -2.20. The number of nitrogens with zero attached hydrogens (tertiary/aromatic N) is 3. The van der Waals surface area contributed by atoms with Crippen LogP contribution >= 0.6 is 0 Å². The van der Waals surface area contributed by atoms with Crippen LogP contribution in [0.5, 0.6) is 5.75 Å². The molecule has 7 N–H and O–H groups in total. The highest BCUT2D eigenvalue weighted by Gasteiger charge is 2.48. The minimum absolute atomic E-state index is 0.0154. The Balaban J connectivity index is 1.54. The van der Waals surface area contributed by atoms with Gasteiger partial charge >= 0.3 is 5.97 Å². The van der Waals surface area contributed by atoms with E-state index in [-0.39, 0.29) is 29.3 Å². The average molecular weight is 474 g/mol. The summed E-state index contributed by atoms with van der Waals surface area (Å²) < 4.78 is 11.5. The molecule has 0 saturated carbocycles. The van der Waals surface area contributed by atoms with Crippen LogP contribution in [-0.4, -0.2) is 78.2 Å². The van der Waals surface area contributed by atoms with Crippen LogP contribution < -0.4 is 16.6 Å². The van der Waals surface area contributed by atoms with Crippen molar-refractivity contribution in [2.45, 2.75) is 37.0 Å². The minimum Gasteiger partial charge on any atom is -0.508 e. The number of rotatable bonds is 6. The number of phenols is 1. The Morgan fingerprint density at radius 2 is 2.00 bits per heavy atom. The number of aromatic amines is 1. The molecule has 4 rings (SSSR count). The zero-order chi connectivity index (χ0) is 24.6. The fraction of sp³-hybridized carbons (Fsp3) is 0.350. The maximum Gasteiger partial charge on any atom is 0.328 e. The predicted octanol–water partition coefficient (Wildman–Crippen LogP) is -2.07. The first kappa shape index (κ1) is 23.2. The number of carbonyl (C=O) groups is 2. The number of nitrogen functional groups attached to an aromatic ring is 1. The molecule has 1 saturated heterocycles. The van der Waals surface area contributed by atoms with Crippen molar-refractivity contribution < 1.29 is 34.4 Å². The Morgan fingerprint density at radius 3 is 2.68 bits per heavy atom. The lowest BCUT2D eigenvalue weighted by atomic mass is 10.0. The number of methoxy groups -OCH3 is 1. The van der Waals surface area contributed by atoms with Crippen molar-refractivity contribution in [2.75, 3.05) is 12.8 Å². The number of nitrogens with one attached hydrogen (secondary N) is 2. The summed E-state index contributed by atoms with van der Waals surface area (Å²) in [6.07, 6.45) is -4.96. The highest BCUT2D eigenvalue weighted by molar-refractivity contribution is 5.87. The van der Waals surface area contributed by atoms with Crippen molar-refractivity contribution >= 4 is 29.0 Å². The number of aliphatic hydroxyl groups is 2. The number of hydrogen-bond acceptors (Lipinski definition) is 11. The van der Waals surface area contributed by atoms with E-state index in [0.717, 1.165) is 13.4 Å². The second-order valence-corrected chi connectivity index (χ2v) is 7.66. The molecule has 2 aromatic heterocycles. The Hall–Kier alpha value is -4.01. The number of aliphatic hydroxyl groups excluding tert-OH is 2. The van der Waals surface area contributed by atoms with E-state index in [1.54, 1.807) is 12.1 Å². The molecule has 1 aliphatic rings. The van der Waals surface area contributed by atoms with Crippen molar-refractivity contribution in [3.05, 3.63) is 46.5 Å². The summed E-state index contributed by atoms with van der Waals surface area (Å²) in [5.74, 6) is -1.78. The van der Waals surface area contributed by atoms with Crippen LogP contribution in [0.25, 0.3) is 11.2 Å². The molecule has 0 unspecified atom stereocenters. The summed E-state index contributed by atoms with van der Waals surface area (Å²) in [5.41, 5.74) is 5.49. The van der Waals surface area contributed by atoms with E-state index in [2.05, 4.69) is 20.3 Å². The molecule has 1 fully saturated rings. The number of nitrogens with two attached hydrogens (primary N) is 1. The molecular weight excluding hydrogens is 452 g/mol. The fourth-order valence-corrected chi connectivity index (χ4v) is 3.69. The number of fused-ring (bicyclic) bond motifs is 1. The Bertz CT molecular complexity index is 1270. The van der Waals surface area contributed by atoms with Gasteiger partial charge in [0.15, 0.2) is 23.5 Å². The van der Waals surface area contributed by atoms with Gasteiger partial charge in [0.25, 0.3) is 11.5 Å². The maximum absolute atomic E-state index is 12.9. The number of hydrogen-bond donors (Lipinski definition) is 6. The summed E-state index contributed by atoms with van der Waals surface area (Å²) in [7, 11) is 1.16. The van der Waals surface area contributed by atoms with Crippen LogP contribution in [0.4, 0.5) is 5.95 Å². The van der Waals surface area contributed by atoms with Crippen LogP contribution in [0, 0.1) is 0 Å². The van der Waals surface area contributed by atoms with Crippen molar-refractivity contribution in [3.63, 3.8) is 0 Å². The number of H-pyrrole nitrogens is 1. The molecule has 3 heterocycles. The Labute approximate surface area is 191 Å². The zero-order valence-electron chi connectivity index (χ0n) is 17.8. The summed E-state index contributed by atoms with van der Waals surface area (Å²) in [6.45, 7) is 0. The van der Waals surface area contributed by atoms with Crippen LogP contribution in [0.15, 0.2) is 35.4 Å². The van der Waals surface area contributed by atoms with Gasteiger partial charge in [0.2, 0.25) is 5.95 Å². The third-order valence-corrected chi connectivity index (χ3v) is 5.40. The van der Waals surface area contributed by atoms with E-state index < -0.39 is 48.0 Å². The lowest BCUT2D eigenvalue weighted by molar-refractivity contribution is -0.148. The number of anilines is 1. The van der Waals surface area contributed by atoms with Gasteiger partial charge in [-0.2, -0.15) is 4.98 Å².